The second kappa shape index (κ2) is 8.98. The Bertz CT molecular complexity index is 1060. The van der Waals surface area contributed by atoms with Gasteiger partial charge in [-0.1, -0.05) is 12.1 Å². The van der Waals surface area contributed by atoms with E-state index in [0.717, 1.165) is 16.8 Å². The molecular formula is C23H26FN3O3. The van der Waals surface area contributed by atoms with Crippen LogP contribution in [0.2, 0.25) is 0 Å². The molecule has 0 aliphatic heterocycles. The number of ether oxygens (including phenoxy) is 2. The van der Waals surface area contributed by atoms with Crippen LogP contribution in [0.4, 0.5) is 4.39 Å². The van der Waals surface area contributed by atoms with E-state index in [1.54, 1.807) is 43.2 Å². The lowest BCUT2D eigenvalue weighted by Gasteiger charge is -2.18. The minimum Gasteiger partial charge on any atom is -0.497 e. The summed E-state index contributed by atoms with van der Waals surface area (Å²) in [6.45, 7) is 5.54. The van der Waals surface area contributed by atoms with Gasteiger partial charge in [0.25, 0.3) is 0 Å². The van der Waals surface area contributed by atoms with Gasteiger partial charge < -0.3 is 14.8 Å². The van der Waals surface area contributed by atoms with Crippen molar-refractivity contribution in [3.05, 3.63) is 70.8 Å². The van der Waals surface area contributed by atoms with E-state index in [1.807, 2.05) is 32.9 Å². The SMILES string of the molecule is COc1ccc(OC)c([C@@H](C)NC(=O)Cc2c(C)nn(-c3ccccc3F)c2C)c1. The lowest BCUT2D eigenvalue weighted by molar-refractivity contribution is -0.121. The third kappa shape index (κ3) is 4.30. The van der Waals surface area contributed by atoms with E-state index in [-0.39, 0.29) is 24.2 Å². The highest BCUT2D eigenvalue weighted by Gasteiger charge is 2.20. The van der Waals surface area contributed by atoms with Crippen LogP contribution in [0, 0.1) is 19.7 Å². The molecule has 0 unspecified atom stereocenters. The van der Waals surface area contributed by atoms with Crippen LogP contribution in [0.5, 0.6) is 11.5 Å². The number of carbonyl (C=O) groups is 1. The van der Waals surface area contributed by atoms with E-state index in [0.29, 0.717) is 22.9 Å². The van der Waals surface area contributed by atoms with Gasteiger partial charge in [0.1, 0.15) is 23.0 Å². The molecule has 2 aromatic carbocycles. The van der Waals surface area contributed by atoms with Gasteiger partial charge in [-0.15, -0.1) is 0 Å². The second-order valence-electron chi connectivity index (χ2n) is 7.09. The molecule has 0 aliphatic carbocycles. The number of nitrogens with zero attached hydrogens (tertiary/aromatic N) is 2. The smallest absolute Gasteiger partial charge is 0.225 e. The molecule has 3 aromatic rings. The number of nitrogens with one attached hydrogen (secondary N) is 1. The number of methoxy groups -OCH3 is 2. The van der Waals surface area contributed by atoms with Crippen molar-refractivity contribution in [2.24, 2.45) is 0 Å². The highest BCUT2D eigenvalue weighted by molar-refractivity contribution is 5.79. The van der Waals surface area contributed by atoms with E-state index in [2.05, 4.69) is 10.4 Å². The van der Waals surface area contributed by atoms with Gasteiger partial charge in [-0.25, -0.2) is 9.07 Å². The fraction of sp³-hybridized carbons (Fsp3) is 0.304. The summed E-state index contributed by atoms with van der Waals surface area (Å²) in [5, 5.41) is 7.44. The summed E-state index contributed by atoms with van der Waals surface area (Å²) < 4.78 is 26.4. The van der Waals surface area contributed by atoms with Gasteiger partial charge in [-0.2, -0.15) is 5.10 Å². The molecule has 0 saturated carbocycles. The van der Waals surface area contributed by atoms with Crippen molar-refractivity contribution in [2.75, 3.05) is 14.2 Å². The number of para-hydroxylation sites is 1. The fourth-order valence-electron chi connectivity index (χ4n) is 3.50. The highest BCUT2D eigenvalue weighted by Crippen LogP contribution is 2.29. The summed E-state index contributed by atoms with van der Waals surface area (Å²) in [5.41, 5.74) is 3.39. The Morgan fingerprint density at radius 3 is 2.57 bits per heavy atom. The maximum atomic E-state index is 14.2. The lowest BCUT2D eigenvalue weighted by atomic mass is 10.1. The van der Waals surface area contributed by atoms with Crippen molar-refractivity contribution in [2.45, 2.75) is 33.2 Å². The van der Waals surface area contributed by atoms with Gasteiger partial charge in [0.2, 0.25) is 5.91 Å². The first-order valence-corrected chi connectivity index (χ1v) is 9.67. The van der Waals surface area contributed by atoms with Crippen LogP contribution in [0.3, 0.4) is 0 Å². The molecule has 1 heterocycles. The summed E-state index contributed by atoms with van der Waals surface area (Å²) in [5.74, 6) is 0.831. The van der Waals surface area contributed by atoms with E-state index in [9.17, 15) is 9.18 Å². The van der Waals surface area contributed by atoms with E-state index >= 15 is 0 Å². The monoisotopic (exact) mass is 411 g/mol. The summed E-state index contributed by atoms with van der Waals surface area (Å²) >= 11 is 0. The van der Waals surface area contributed by atoms with Gasteiger partial charge >= 0.3 is 0 Å². The van der Waals surface area contributed by atoms with Gasteiger partial charge in [-0.05, 0) is 51.1 Å². The first kappa shape index (κ1) is 21.4. The molecule has 3 rings (SSSR count). The average Bonchev–Trinajstić information content (AvgIpc) is 3.01. The summed E-state index contributed by atoms with van der Waals surface area (Å²) in [7, 11) is 3.18. The Hall–Kier alpha value is -3.35. The zero-order valence-electron chi connectivity index (χ0n) is 17.8. The zero-order chi connectivity index (χ0) is 21.8. The molecule has 0 saturated heterocycles. The number of carbonyl (C=O) groups excluding carboxylic acids is 1. The molecule has 0 spiro atoms. The van der Waals surface area contributed by atoms with Crippen molar-refractivity contribution in [1.82, 2.24) is 15.1 Å². The topological polar surface area (TPSA) is 65.4 Å². The highest BCUT2D eigenvalue weighted by atomic mass is 19.1. The van der Waals surface area contributed by atoms with Gasteiger partial charge in [-0.3, -0.25) is 4.79 Å². The predicted molar refractivity (Wildman–Crippen MR) is 113 cm³/mol. The Labute approximate surface area is 175 Å². The number of aryl methyl sites for hydroxylation is 1. The van der Waals surface area contributed by atoms with Gasteiger partial charge in [0, 0.05) is 16.8 Å². The number of hydrogen-bond acceptors (Lipinski definition) is 4. The number of amides is 1. The number of aromatic nitrogens is 2. The van der Waals surface area contributed by atoms with E-state index < -0.39 is 0 Å². The van der Waals surface area contributed by atoms with E-state index in [4.69, 9.17) is 9.47 Å². The molecule has 1 atom stereocenters. The van der Waals surface area contributed by atoms with Crippen molar-refractivity contribution in [3.8, 4) is 17.2 Å². The predicted octanol–water partition coefficient (Wildman–Crippen LogP) is 4.07. The molecule has 0 radical (unpaired) electrons. The molecule has 1 aromatic heterocycles. The minimum absolute atomic E-state index is 0.142. The Kier molecular flexibility index (Phi) is 6.40. The molecule has 0 fully saturated rings. The summed E-state index contributed by atoms with van der Waals surface area (Å²) in [6, 6.07) is 11.6. The summed E-state index contributed by atoms with van der Waals surface area (Å²) in [6.07, 6.45) is 0.142. The van der Waals surface area contributed by atoms with Crippen LogP contribution in [-0.4, -0.2) is 29.9 Å². The van der Waals surface area contributed by atoms with Crippen LogP contribution in [0.1, 0.15) is 35.5 Å². The molecule has 7 heteroatoms. The van der Waals surface area contributed by atoms with Crippen molar-refractivity contribution >= 4 is 5.91 Å². The lowest BCUT2D eigenvalue weighted by Crippen LogP contribution is -2.28. The number of halogens is 1. The third-order valence-corrected chi connectivity index (χ3v) is 5.14. The molecule has 158 valence electrons. The second-order valence-corrected chi connectivity index (χ2v) is 7.09. The first-order chi connectivity index (χ1) is 14.3. The first-order valence-electron chi connectivity index (χ1n) is 9.67. The maximum absolute atomic E-state index is 14.2. The van der Waals surface area contributed by atoms with Crippen LogP contribution >= 0.6 is 0 Å². The molecular weight excluding hydrogens is 385 g/mol. The molecule has 1 N–H and O–H groups in total. The molecule has 30 heavy (non-hydrogen) atoms. The Balaban J connectivity index is 1.80. The van der Waals surface area contributed by atoms with Gasteiger partial charge in [0.05, 0.1) is 32.4 Å². The van der Waals surface area contributed by atoms with Crippen molar-refractivity contribution in [1.29, 1.82) is 0 Å². The average molecular weight is 411 g/mol. The molecule has 0 aliphatic rings. The largest absolute Gasteiger partial charge is 0.497 e. The van der Waals surface area contributed by atoms with Gasteiger partial charge in [0.15, 0.2) is 0 Å². The molecule has 0 bridgehead atoms. The fourth-order valence-corrected chi connectivity index (χ4v) is 3.50. The standard InChI is InChI=1S/C23H26FN3O3/c1-14(19-12-17(29-4)10-11-22(19)30-5)25-23(28)13-18-15(2)26-27(16(18)3)21-9-7-6-8-20(21)24/h6-12,14H,13H2,1-5H3,(H,25,28)/t14-/m1/s1. The molecule has 6 nitrogen and oxygen atoms in total. The quantitative estimate of drug-likeness (QED) is 0.637. The van der Waals surface area contributed by atoms with Crippen LogP contribution < -0.4 is 14.8 Å². The Morgan fingerprint density at radius 1 is 1.17 bits per heavy atom. The van der Waals surface area contributed by atoms with Crippen molar-refractivity contribution in [3.63, 3.8) is 0 Å². The number of hydrogen-bond donors (Lipinski definition) is 1. The third-order valence-electron chi connectivity index (χ3n) is 5.14. The maximum Gasteiger partial charge on any atom is 0.225 e. The minimum atomic E-state index is -0.363. The van der Waals surface area contributed by atoms with Crippen LogP contribution in [0.25, 0.3) is 5.69 Å². The number of rotatable bonds is 7. The van der Waals surface area contributed by atoms with Crippen molar-refractivity contribution < 1.29 is 18.7 Å². The van der Waals surface area contributed by atoms with Crippen LogP contribution in [-0.2, 0) is 11.2 Å². The van der Waals surface area contributed by atoms with Crippen LogP contribution in [0.15, 0.2) is 42.5 Å². The normalized spacial score (nSPS) is 11.8. The number of benzene rings is 2. The summed E-state index contributed by atoms with van der Waals surface area (Å²) in [4.78, 5) is 12.8. The molecule has 1 amide bonds. The Morgan fingerprint density at radius 2 is 1.90 bits per heavy atom. The van der Waals surface area contributed by atoms with E-state index in [1.165, 1.54) is 6.07 Å². The zero-order valence-corrected chi connectivity index (χ0v) is 17.8.